The first-order valence-electron chi connectivity index (χ1n) is 8.81. The SMILES string of the molecule is Cc1ccc(NC(=O)CCC(=O)OCC(=O)Nc2cccc([N+](=O)[O-])c2)cc1C. The molecule has 0 radical (unpaired) electrons. The van der Waals surface area contributed by atoms with Gasteiger partial charge in [-0.25, -0.2) is 0 Å². The predicted octanol–water partition coefficient (Wildman–Crippen LogP) is 3.11. The summed E-state index contributed by atoms with van der Waals surface area (Å²) in [5.74, 6) is -1.68. The van der Waals surface area contributed by atoms with Gasteiger partial charge in [0.2, 0.25) is 5.91 Å². The highest BCUT2D eigenvalue weighted by Crippen LogP contribution is 2.17. The third kappa shape index (κ3) is 7.06. The lowest BCUT2D eigenvalue weighted by molar-refractivity contribution is -0.384. The van der Waals surface area contributed by atoms with Crippen molar-refractivity contribution in [1.29, 1.82) is 0 Å². The molecule has 0 heterocycles. The fraction of sp³-hybridized carbons (Fsp3) is 0.250. The lowest BCUT2D eigenvalue weighted by atomic mass is 10.1. The van der Waals surface area contributed by atoms with Crippen LogP contribution in [0.4, 0.5) is 17.1 Å². The molecule has 0 saturated carbocycles. The van der Waals surface area contributed by atoms with E-state index in [0.29, 0.717) is 5.69 Å². The minimum absolute atomic E-state index is 0.0851. The molecule has 0 aromatic heterocycles. The van der Waals surface area contributed by atoms with Crippen molar-refractivity contribution in [1.82, 2.24) is 0 Å². The molecule has 2 rings (SSSR count). The van der Waals surface area contributed by atoms with Gasteiger partial charge in [-0.3, -0.25) is 24.5 Å². The number of carbonyl (C=O) groups excluding carboxylic acids is 3. The van der Waals surface area contributed by atoms with Gasteiger partial charge in [0.25, 0.3) is 11.6 Å². The van der Waals surface area contributed by atoms with Crippen molar-refractivity contribution in [3.8, 4) is 0 Å². The number of rotatable bonds is 8. The van der Waals surface area contributed by atoms with Crippen molar-refractivity contribution >= 4 is 34.8 Å². The van der Waals surface area contributed by atoms with Gasteiger partial charge in [0, 0.05) is 29.9 Å². The van der Waals surface area contributed by atoms with Crippen LogP contribution < -0.4 is 10.6 Å². The topological polar surface area (TPSA) is 128 Å². The number of non-ortho nitro benzene ring substituents is 1. The Morgan fingerprint density at radius 1 is 0.931 bits per heavy atom. The van der Waals surface area contributed by atoms with Crippen molar-refractivity contribution in [2.75, 3.05) is 17.2 Å². The Bertz CT molecular complexity index is 942. The van der Waals surface area contributed by atoms with Crippen LogP contribution >= 0.6 is 0 Å². The summed E-state index contributed by atoms with van der Waals surface area (Å²) in [5, 5.41) is 15.8. The molecule has 2 aromatic rings. The number of anilines is 2. The van der Waals surface area contributed by atoms with E-state index in [0.717, 1.165) is 11.1 Å². The summed E-state index contributed by atoms with van der Waals surface area (Å²) in [6.45, 7) is 3.34. The zero-order valence-electron chi connectivity index (χ0n) is 16.1. The van der Waals surface area contributed by atoms with Crippen molar-refractivity contribution in [2.24, 2.45) is 0 Å². The van der Waals surface area contributed by atoms with Crippen LogP contribution in [-0.4, -0.2) is 29.3 Å². The van der Waals surface area contributed by atoms with Gasteiger partial charge in [-0.15, -0.1) is 0 Å². The van der Waals surface area contributed by atoms with E-state index >= 15 is 0 Å². The van der Waals surface area contributed by atoms with Crippen molar-refractivity contribution in [2.45, 2.75) is 26.7 Å². The quantitative estimate of drug-likeness (QED) is 0.399. The van der Waals surface area contributed by atoms with Crippen LogP contribution in [-0.2, 0) is 19.1 Å². The molecule has 0 spiro atoms. The number of nitrogens with zero attached hydrogens (tertiary/aromatic N) is 1. The van der Waals surface area contributed by atoms with E-state index in [1.54, 1.807) is 6.07 Å². The van der Waals surface area contributed by atoms with E-state index in [2.05, 4.69) is 10.6 Å². The highest BCUT2D eigenvalue weighted by atomic mass is 16.6. The molecule has 0 fully saturated rings. The molecule has 29 heavy (non-hydrogen) atoms. The maximum absolute atomic E-state index is 11.9. The number of aryl methyl sites for hydroxylation is 2. The van der Waals surface area contributed by atoms with Gasteiger partial charge in [0.1, 0.15) is 0 Å². The molecule has 9 nitrogen and oxygen atoms in total. The molecule has 0 aliphatic heterocycles. The van der Waals surface area contributed by atoms with Crippen molar-refractivity contribution < 1.29 is 24.0 Å². The van der Waals surface area contributed by atoms with Crippen LogP contribution in [0, 0.1) is 24.0 Å². The smallest absolute Gasteiger partial charge is 0.306 e. The first-order chi connectivity index (χ1) is 13.7. The summed E-state index contributed by atoms with van der Waals surface area (Å²) in [6, 6.07) is 10.9. The Balaban J connectivity index is 1.72. The Morgan fingerprint density at radius 3 is 2.31 bits per heavy atom. The monoisotopic (exact) mass is 399 g/mol. The Morgan fingerprint density at radius 2 is 1.62 bits per heavy atom. The molecule has 2 amide bonds. The maximum Gasteiger partial charge on any atom is 0.306 e. The largest absolute Gasteiger partial charge is 0.456 e. The predicted molar refractivity (Wildman–Crippen MR) is 106 cm³/mol. The molecule has 0 unspecified atom stereocenters. The van der Waals surface area contributed by atoms with Gasteiger partial charge < -0.3 is 15.4 Å². The number of nitro groups is 1. The Hall–Kier alpha value is -3.75. The third-order valence-electron chi connectivity index (χ3n) is 4.05. The number of hydrogen-bond donors (Lipinski definition) is 2. The van der Waals surface area contributed by atoms with E-state index in [4.69, 9.17) is 4.74 Å². The fourth-order valence-corrected chi connectivity index (χ4v) is 2.37. The molecule has 0 bridgehead atoms. The van der Waals surface area contributed by atoms with Gasteiger partial charge in [-0.2, -0.15) is 0 Å². The third-order valence-corrected chi connectivity index (χ3v) is 4.05. The lowest BCUT2D eigenvalue weighted by Gasteiger charge is -2.08. The molecule has 2 N–H and O–H groups in total. The van der Waals surface area contributed by atoms with Gasteiger partial charge in [0.05, 0.1) is 11.3 Å². The molecule has 0 atom stereocenters. The highest BCUT2D eigenvalue weighted by Gasteiger charge is 2.12. The van der Waals surface area contributed by atoms with Crippen LogP contribution in [0.15, 0.2) is 42.5 Å². The van der Waals surface area contributed by atoms with Crippen LogP contribution in [0.25, 0.3) is 0 Å². The first-order valence-corrected chi connectivity index (χ1v) is 8.81. The molecular formula is C20H21N3O6. The molecule has 0 aliphatic carbocycles. The van der Waals surface area contributed by atoms with Gasteiger partial charge in [-0.1, -0.05) is 12.1 Å². The molecule has 0 aliphatic rings. The lowest BCUT2D eigenvalue weighted by Crippen LogP contribution is -2.21. The minimum Gasteiger partial charge on any atom is -0.456 e. The van der Waals surface area contributed by atoms with E-state index in [1.807, 2.05) is 26.0 Å². The van der Waals surface area contributed by atoms with E-state index in [1.165, 1.54) is 24.3 Å². The normalized spacial score (nSPS) is 10.1. The van der Waals surface area contributed by atoms with Gasteiger partial charge in [0.15, 0.2) is 6.61 Å². The number of benzene rings is 2. The minimum atomic E-state index is -0.700. The summed E-state index contributed by atoms with van der Waals surface area (Å²) in [4.78, 5) is 45.6. The van der Waals surface area contributed by atoms with Crippen molar-refractivity contribution in [3.63, 3.8) is 0 Å². The zero-order valence-corrected chi connectivity index (χ0v) is 16.1. The van der Waals surface area contributed by atoms with Crippen LogP contribution in [0.5, 0.6) is 0 Å². The summed E-state index contributed by atoms with van der Waals surface area (Å²) in [5.41, 5.74) is 2.83. The van der Waals surface area contributed by atoms with E-state index < -0.39 is 23.4 Å². The number of carbonyl (C=O) groups is 3. The molecular weight excluding hydrogens is 378 g/mol. The Kier molecular flexibility index (Phi) is 7.41. The zero-order chi connectivity index (χ0) is 21.4. The summed E-state index contributed by atoms with van der Waals surface area (Å²) in [6.07, 6.45) is -0.265. The average Bonchev–Trinajstić information content (AvgIpc) is 2.68. The number of ether oxygens (including phenoxy) is 1. The fourth-order valence-electron chi connectivity index (χ4n) is 2.37. The second-order valence-electron chi connectivity index (χ2n) is 6.36. The van der Waals surface area contributed by atoms with Crippen LogP contribution in [0.1, 0.15) is 24.0 Å². The second kappa shape index (κ2) is 9.98. The number of hydrogen-bond acceptors (Lipinski definition) is 6. The Labute approximate surface area is 167 Å². The van der Waals surface area contributed by atoms with Crippen LogP contribution in [0.3, 0.4) is 0 Å². The number of nitrogens with one attached hydrogen (secondary N) is 2. The van der Waals surface area contributed by atoms with Gasteiger partial charge in [-0.05, 0) is 43.2 Å². The number of esters is 1. The van der Waals surface area contributed by atoms with Gasteiger partial charge >= 0.3 is 5.97 Å². The molecule has 152 valence electrons. The summed E-state index contributed by atoms with van der Waals surface area (Å²) >= 11 is 0. The maximum atomic E-state index is 11.9. The number of amides is 2. The summed E-state index contributed by atoms with van der Waals surface area (Å²) < 4.78 is 4.82. The first kappa shape index (κ1) is 21.5. The van der Waals surface area contributed by atoms with E-state index in [-0.39, 0.29) is 30.1 Å². The standard InChI is InChI=1S/C20H21N3O6/c1-13-6-7-16(10-14(13)2)21-18(24)8-9-20(26)29-12-19(25)22-15-4-3-5-17(11-15)23(27)28/h3-7,10-11H,8-9,12H2,1-2H3,(H,21,24)(H,22,25). The molecule has 0 saturated heterocycles. The van der Waals surface area contributed by atoms with Crippen LogP contribution in [0.2, 0.25) is 0 Å². The average molecular weight is 399 g/mol. The number of nitro benzene ring substituents is 1. The van der Waals surface area contributed by atoms with E-state index in [9.17, 15) is 24.5 Å². The van der Waals surface area contributed by atoms with Crippen molar-refractivity contribution in [3.05, 3.63) is 63.7 Å². The second-order valence-corrected chi connectivity index (χ2v) is 6.36. The summed E-state index contributed by atoms with van der Waals surface area (Å²) in [7, 11) is 0. The highest BCUT2D eigenvalue weighted by molar-refractivity contribution is 5.94. The molecule has 9 heteroatoms. The molecule has 2 aromatic carbocycles.